The molecule has 22 heavy (non-hydrogen) atoms. The van der Waals surface area contributed by atoms with Crippen molar-refractivity contribution in [1.29, 1.82) is 0 Å². The predicted octanol–water partition coefficient (Wildman–Crippen LogP) is 0.795. The second-order valence-electron chi connectivity index (χ2n) is 4.87. The van der Waals surface area contributed by atoms with Gasteiger partial charge in [0.05, 0.1) is 18.3 Å². The number of likely N-dealkylation sites (N-methyl/N-ethyl adjacent to an activating group) is 1. The molecule has 0 bridgehead atoms. The summed E-state index contributed by atoms with van der Waals surface area (Å²) in [6.45, 7) is 7.22. The standard InChI is InChI=1S/C15H24N4O3/c1-3-19(4-2)9-8-17-13(15(21)22)10-14(20)18-12-6-5-7-16-11-12/h5-7,11,13,17H,3-4,8-10H2,1-2H3,(H,18,20)(H,21,22)/t13-/m0/s1. The topological polar surface area (TPSA) is 94.6 Å². The second kappa shape index (κ2) is 9.86. The minimum atomic E-state index is -1.03. The highest BCUT2D eigenvalue weighted by Gasteiger charge is 2.20. The fourth-order valence-corrected chi connectivity index (χ4v) is 2.02. The van der Waals surface area contributed by atoms with Crippen LogP contribution in [-0.4, -0.2) is 59.1 Å². The van der Waals surface area contributed by atoms with E-state index in [2.05, 4.69) is 34.4 Å². The van der Waals surface area contributed by atoms with Crippen molar-refractivity contribution in [3.8, 4) is 0 Å². The monoisotopic (exact) mass is 308 g/mol. The van der Waals surface area contributed by atoms with Crippen molar-refractivity contribution in [2.75, 3.05) is 31.5 Å². The molecule has 7 nitrogen and oxygen atoms in total. The fourth-order valence-electron chi connectivity index (χ4n) is 2.02. The van der Waals surface area contributed by atoms with E-state index in [1.807, 2.05) is 0 Å². The molecule has 7 heteroatoms. The third-order valence-electron chi connectivity index (χ3n) is 3.35. The highest BCUT2D eigenvalue weighted by atomic mass is 16.4. The molecule has 0 saturated carbocycles. The first-order valence-electron chi connectivity index (χ1n) is 7.45. The van der Waals surface area contributed by atoms with Gasteiger partial charge in [-0.3, -0.25) is 14.6 Å². The average molecular weight is 308 g/mol. The van der Waals surface area contributed by atoms with Gasteiger partial charge in [0.1, 0.15) is 6.04 Å². The first-order valence-corrected chi connectivity index (χ1v) is 7.45. The van der Waals surface area contributed by atoms with Crippen LogP contribution < -0.4 is 10.6 Å². The van der Waals surface area contributed by atoms with Crippen molar-refractivity contribution in [2.24, 2.45) is 0 Å². The number of nitrogens with zero attached hydrogens (tertiary/aromatic N) is 2. The Morgan fingerprint density at radius 1 is 1.36 bits per heavy atom. The molecule has 1 atom stereocenters. The summed E-state index contributed by atoms with van der Waals surface area (Å²) in [5, 5.41) is 14.8. The molecule has 1 amide bonds. The van der Waals surface area contributed by atoms with Crippen LogP contribution in [0.4, 0.5) is 5.69 Å². The quantitative estimate of drug-likeness (QED) is 0.592. The van der Waals surface area contributed by atoms with Gasteiger partial charge in [0.25, 0.3) is 0 Å². The van der Waals surface area contributed by atoms with E-state index >= 15 is 0 Å². The molecule has 0 fully saturated rings. The summed E-state index contributed by atoms with van der Waals surface area (Å²) in [6.07, 6.45) is 2.99. The molecule has 0 radical (unpaired) electrons. The zero-order valence-electron chi connectivity index (χ0n) is 13.1. The summed E-state index contributed by atoms with van der Waals surface area (Å²) in [4.78, 5) is 29.2. The highest BCUT2D eigenvalue weighted by molar-refractivity contribution is 5.93. The molecule has 1 aromatic rings. The van der Waals surface area contributed by atoms with Crippen LogP contribution in [-0.2, 0) is 9.59 Å². The van der Waals surface area contributed by atoms with E-state index in [1.54, 1.807) is 18.3 Å². The number of amides is 1. The normalized spacial score (nSPS) is 12.1. The van der Waals surface area contributed by atoms with Gasteiger partial charge in [-0.2, -0.15) is 0 Å². The van der Waals surface area contributed by atoms with Crippen molar-refractivity contribution in [3.63, 3.8) is 0 Å². The summed E-state index contributed by atoms with van der Waals surface area (Å²) < 4.78 is 0. The van der Waals surface area contributed by atoms with Gasteiger partial charge in [-0.1, -0.05) is 13.8 Å². The molecule has 0 aliphatic carbocycles. The SMILES string of the molecule is CCN(CC)CCN[C@@H](CC(=O)Nc1cccnc1)C(=O)O. The van der Waals surface area contributed by atoms with Crippen molar-refractivity contribution in [1.82, 2.24) is 15.2 Å². The second-order valence-corrected chi connectivity index (χ2v) is 4.87. The van der Waals surface area contributed by atoms with E-state index in [4.69, 9.17) is 0 Å². The molecule has 0 unspecified atom stereocenters. The smallest absolute Gasteiger partial charge is 0.321 e. The van der Waals surface area contributed by atoms with Gasteiger partial charge in [0.2, 0.25) is 5.91 Å². The Morgan fingerprint density at radius 3 is 2.64 bits per heavy atom. The molecule has 0 aliphatic rings. The first-order chi connectivity index (χ1) is 10.6. The minimum Gasteiger partial charge on any atom is -0.480 e. The predicted molar refractivity (Wildman–Crippen MR) is 84.7 cm³/mol. The lowest BCUT2D eigenvalue weighted by Crippen LogP contribution is -2.43. The summed E-state index contributed by atoms with van der Waals surface area (Å²) >= 11 is 0. The molecule has 1 rings (SSSR count). The van der Waals surface area contributed by atoms with E-state index in [0.29, 0.717) is 12.2 Å². The van der Waals surface area contributed by atoms with Gasteiger partial charge in [-0.15, -0.1) is 0 Å². The molecule has 0 spiro atoms. The highest BCUT2D eigenvalue weighted by Crippen LogP contribution is 2.04. The van der Waals surface area contributed by atoms with Crippen LogP contribution >= 0.6 is 0 Å². The Kier molecular flexibility index (Phi) is 8.09. The van der Waals surface area contributed by atoms with Crippen LogP contribution in [0, 0.1) is 0 Å². The van der Waals surface area contributed by atoms with E-state index in [9.17, 15) is 14.7 Å². The van der Waals surface area contributed by atoms with Gasteiger partial charge in [-0.25, -0.2) is 0 Å². The summed E-state index contributed by atoms with van der Waals surface area (Å²) in [5.41, 5.74) is 0.555. The molecule has 1 aromatic heterocycles. The number of aromatic nitrogens is 1. The van der Waals surface area contributed by atoms with Gasteiger partial charge in [-0.05, 0) is 25.2 Å². The van der Waals surface area contributed by atoms with Crippen LogP contribution in [0.1, 0.15) is 20.3 Å². The third kappa shape index (κ3) is 6.64. The molecule has 0 aliphatic heterocycles. The summed E-state index contributed by atoms with van der Waals surface area (Å²) in [7, 11) is 0. The molecule has 3 N–H and O–H groups in total. The molecule has 0 aromatic carbocycles. The van der Waals surface area contributed by atoms with Crippen molar-refractivity contribution < 1.29 is 14.7 Å². The van der Waals surface area contributed by atoms with E-state index in [-0.39, 0.29) is 12.3 Å². The van der Waals surface area contributed by atoms with Gasteiger partial charge in [0, 0.05) is 19.3 Å². The van der Waals surface area contributed by atoms with Crippen LogP contribution in [0.15, 0.2) is 24.5 Å². The van der Waals surface area contributed by atoms with Crippen molar-refractivity contribution >= 4 is 17.6 Å². The molecular weight excluding hydrogens is 284 g/mol. The number of rotatable bonds is 10. The zero-order valence-corrected chi connectivity index (χ0v) is 13.1. The van der Waals surface area contributed by atoms with Crippen molar-refractivity contribution in [2.45, 2.75) is 26.3 Å². The number of pyridine rings is 1. The van der Waals surface area contributed by atoms with Gasteiger partial charge in [0.15, 0.2) is 0 Å². The number of hydrogen-bond acceptors (Lipinski definition) is 5. The number of carbonyl (C=O) groups excluding carboxylic acids is 1. The maximum Gasteiger partial charge on any atom is 0.321 e. The van der Waals surface area contributed by atoms with E-state index < -0.39 is 12.0 Å². The number of carbonyl (C=O) groups is 2. The molecular formula is C15H24N4O3. The lowest BCUT2D eigenvalue weighted by molar-refractivity contribution is -0.141. The average Bonchev–Trinajstić information content (AvgIpc) is 2.51. The van der Waals surface area contributed by atoms with E-state index in [0.717, 1.165) is 19.6 Å². The summed E-state index contributed by atoms with van der Waals surface area (Å²) in [5.74, 6) is -1.38. The third-order valence-corrected chi connectivity index (χ3v) is 3.35. The number of hydrogen-bond donors (Lipinski definition) is 3. The molecule has 0 saturated heterocycles. The first kappa shape index (κ1) is 18.1. The number of anilines is 1. The number of nitrogens with one attached hydrogen (secondary N) is 2. The van der Waals surface area contributed by atoms with Crippen LogP contribution in [0.5, 0.6) is 0 Å². The Hall–Kier alpha value is -1.99. The minimum absolute atomic E-state index is 0.123. The molecule has 1 heterocycles. The van der Waals surface area contributed by atoms with Crippen LogP contribution in [0.3, 0.4) is 0 Å². The van der Waals surface area contributed by atoms with E-state index in [1.165, 1.54) is 6.20 Å². The largest absolute Gasteiger partial charge is 0.480 e. The Labute approximate surface area is 130 Å². The van der Waals surface area contributed by atoms with Gasteiger partial charge >= 0.3 is 5.97 Å². The van der Waals surface area contributed by atoms with Crippen LogP contribution in [0.2, 0.25) is 0 Å². The Bertz CT molecular complexity index is 463. The molecule has 122 valence electrons. The Balaban J connectivity index is 2.43. The summed E-state index contributed by atoms with van der Waals surface area (Å²) in [6, 6.07) is 2.51. The van der Waals surface area contributed by atoms with Crippen molar-refractivity contribution in [3.05, 3.63) is 24.5 Å². The van der Waals surface area contributed by atoms with Gasteiger partial charge < -0.3 is 20.6 Å². The lowest BCUT2D eigenvalue weighted by Gasteiger charge is -2.20. The number of carboxylic acid groups (broad SMARTS) is 1. The number of aliphatic carboxylic acids is 1. The Morgan fingerprint density at radius 2 is 2.09 bits per heavy atom. The lowest BCUT2D eigenvalue weighted by atomic mass is 10.2. The fraction of sp³-hybridized carbons (Fsp3) is 0.533. The maximum absolute atomic E-state index is 11.9. The van der Waals surface area contributed by atoms with Crippen LogP contribution in [0.25, 0.3) is 0 Å². The number of carboxylic acids is 1. The maximum atomic E-state index is 11.9. The zero-order chi connectivity index (χ0) is 16.4.